The quantitative estimate of drug-likeness (QED) is 0.854. The van der Waals surface area contributed by atoms with Crippen molar-refractivity contribution in [3.8, 4) is 0 Å². The molecule has 1 aliphatic heterocycles. The highest BCUT2D eigenvalue weighted by molar-refractivity contribution is 6.34. The molecule has 0 aliphatic carbocycles. The fourth-order valence-corrected chi connectivity index (χ4v) is 3.20. The van der Waals surface area contributed by atoms with Crippen LogP contribution in [-0.4, -0.2) is 35.6 Å². The summed E-state index contributed by atoms with van der Waals surface area (Å²) in [6.45, 7) is 2.75. The van der Waals surface area contributed by atoms with E-state index in [4.69, 9.17) is 5.73 Å². The van der Waals surface area contributed by atoms with Crippen LogP contribution in [0.15, 0.2) is 30.3 Å². The molecule has 2 amide bonds. The van der Waals surface area contributed by atoms with Crippen molar-refractivity contribution in [1.82, 2.24) is 4.90 Å². The second-order valence-corrected chi connectivity index (χ2v) is 5.78. The van der Waals surface area contributed by atoms with Crippen molar-refractivity contribution in [2.45, 2.75) is 38.0 Å². The number of carbonyl (C=O) groups excluding carboxylic acids is 3. The highest BCUT2D eigenvalue weighted by Crippen LogP contribution is 2.37. The minimum Gasteiger partial charge on any atom is -0.361 e. The van der Waals surface area contributed by atoms with Gasteiger partial charge in [0.1, 0.15) is 5.78 Å². The first-order valence-corrected chi connectivity index (χ1v) is 7.69. The zero-order valence-corrected chi connectivity index (χ0v) is 12.9. The van der Waals surface area contributed by atoms with Gasteiger partial charge in [-0.15, -0.1) is 0 Å². The van der Waals surface area contributed by atoms with E-state index in [0.717, 1.165) is 12.0 Å². The Kier molecular flexibility index (Phi) is 4.96. The summed E-state index contributed by atoms with van der Waals surface area (Å²) in [6.07, 6.45) is 2.40. The van der Waals surface area contributed by atoms with E-state index in [0.29, 0.717) is 32.4 Å². The van der Waals surface area contributed by atoms with Crippen LogP contribution in [0.2, 0.25) is 0 Å². The number of hydrogen-bond acceptors (Lipinski definition) is 3. The number of amides is 2. The van der Waals surface area contributed by atoms with Crippen molar-refractivity contribution in [2.24, 2.45) is 5.73 Å². The number of piperidine rings is 1. The summed E-state index contributed by atoms with van der Waals surface area (Å²) in [5.74, 6) is -1.39. The van der Waals surface area contributed by atoms with E-state index in [1.54, 1.807) is 0 Å². The topological polar surface area (TPSA) is 80.5 Å². The van der Waals surface area contributed by atoms with E-state index in [9.17, 15) is 14.4 Å². The SMILES string of the molecule is CCCC(=O)C1(c2ccccc2)CCN(C(=O)C(N)=O)CC1. The van der Waals surface area contributed by atoms with Crippen LogP contribution in [-0.2, 0) is 19.8 Å². The average molecular weight is 302 g/mol. The van der Waals surface area contributed by atoms with Crippen LogP contribution < -0.4 is 5.73 Å². The molecule has 0 bridgehead atoms. The lowest BCUT2D eigenvalue weighted by molar-refractivity contribution is -0.146. The van der Waals surface area contributed by atoms with Crippen molar-refractivity contribution in [3.63, 3.8) is 0 Å². The Balaban J connectivity index is 2.25. The monoisotopic (exact) mass is 302 g/mol. The summed E-state index contributed by atoms with van der Waals surface area (Å²) in [7, 11) is 0. The lowest BCUT2D eigenvalue weighted by Gasteiger charge is -2.41. The molecule has 1 saturated heterocycles. The lowest BCUT2D eigenvalue weighted by Crippen LogP contribution is -2.51. The number of carbonyl (C=O) groups is 3. The molecule has 5 heteroatoms. The van der Waals surface area contributed by atoms with Crippen LogP contribution in [0.5, 0.6) is 0 Å². The van der Waals surface area contributed by atoms with Gasteiger partial charge < -0.3 is 10.6 Å². The van der Waals surface area contributed by atoms with Crippen molar-refractivity contribution >= 4 is 17.6 Å². The van der Waals surface area contributed by atoms with Crippen LogP contribution in [0.3, 0.4) is 0 Å². The molecule has 22 heavy (non-hydrogen) atoms. The number of benzene rings is 1. The predicted molar refractivity (Wildman–Crippen MR) is 83.0 cm³/mol. The minimum absolute atomic E-state index is 0.215. The first-order valence-electron chi connectivity index (χ1n) is 7.69. The maximum atomic E-state index is 12.7. The van der Waals surface area contributed by atoms with Crippen LogP contribution >= 0.6 is 0 Å². The summed E-state index contributed by atoms with van der Waals surface area (Å²) in [5, 5.41) is 0. The Morgan fingerprint density at radius 2 is 1.73 bits per heavy atom. The number of nitrogens with two attached hydrogens (primary N) is 1. The second-order valence-electron chi connectivity index (χ2n) is 5.78. The van der Waals surface area contributed by atoms with Crippen LogP contribution in [0.1, 0.15) is 38.2 Å². The van der Waals surface area contributed by atoms with Crippen LogP contribution in [0.25, 0.3) is 0 Å². The van der Waals surface area contributed by atoms with Crippen molar-refractivity contribution < 1.29 is 14.4 Å². The third kappa shape index (κ3) is 3.03. The minimum atomic E-state index is -0.938. The molecule has 0 spiro atoms. The van der Waals surface area contributed by atoms with Gasteiger partial charge in [-0.05, 0) is 24.8 Å². The van der Waals surface area contributed by atoms with E-state index >= 15 is 0 Å². The van der Waals surface area contributed by atoms with Gasteiger partial charge in [0.2, 0.25) is 0 Å². The van der Waals surface area contributed by atoms with Crippen molar-refractivity contribution in [2.75, 3.05) is 13.1 Å². The number of rotatable bonds is 4. The fraction of sp³-hybridized carbons (Fsp3) is 0.471. The Hall–Kier alpha value is -2.17. The van der Waals surface area contributed by atoms with E-state index in [2.05, 4.69) is 0 Å². The Morgan fingerprint density at radius 1 is 1.14 bits per heavy atom. The number of ketones is 1. The van der Waals surface area contributed by atoms with Gasteiger partial charge in [-0.1, -0.05) is 37.3 Å². The van der Waals surface area contributed by atoms with Crippen LogP contribution in [0.4, 0.5) is 0 Å². The largest absolute Gasteiger partial charge is 0.361 e. The second kappa shape index (κ2) is 6.73. The molecule has 2 N–H and O–H groups in total. The zero-order valence-electron chi connectivity index (χ0n) is 12.9. The third-order valence-corrected chi connectivity index (χ3v) is 4.45. The first-order chi connectivity index (χ1) is 10.5. The first kappa shape index (κ1) is 16.2. The van der Waals surface area contributed by atoms with Gasteiger partial charge in [-0.2, -0.15) is 0 Å². The molecular weight excluding hydrogens is 280 g/mol. The van der Waals surface area contributed by atoms with Gasteiger partial charge >= 0.3 is 11.8 Å². The molecule has 1 aromatic carbocycles. The third-order valence-electron chi connectivity index (χ3n) is 4.45. The maximum Gasteiger partial charge on any atom is 0.311 e. The number of primary amides is 1. The van der Waals surface area contributed by atoms with Gasteiger partial charge in [0.15, 0.2) is 0 Å². The Labute approximate surface area is 130 Å². The summed E-state index contributed by atoms with van der Waals surface area (Å²) < 4.78 is 0. The number of hydrogen-bond donors (Lipinski definition) is 1. The van der Waals surface area contributed by atoms with Gasteiger partial charge in [-0.25, -0.2) is 0 Å². The number of nitrogens with zero attached hydrogens (tertiary/aromatic N) is 1. The normalized spacial score (nSPS) is 17.0. The standard InChI is InChI=1S/C17H22N2O3/c1-2-6-14(20)17(13-7-4-3-5-8-13)9-11-19(12-10-17)16(22)15(18)21/h3-5,7-8H,2,6,9-12H2,1H3,(H2,18,21). The highest BCUT2D eigenvalue weighted by Gasteiger charge is 2.43. The molecule has 1 heterocycles. The average Bonchev–Trinajstić information content (AvgIpc) is 2.55. The molecule has 2 rings (SSSR count). The molecule has 1 aromatic rings. The van der Waals surface area contributed by atoms with Gasteiger partial charge in [0, 0.05) is 19.5 Å². The number of likely N-dealkylation sites (tertiary alicyclic amines) is 1. The van der Waals surface area contributed by atoms with Gasteiger partial charge in [0.05, 0.1) is 5.41 Å². The molecule has 1 fully saturated rings. The summed E-state index contributed by atoms with van der Waals surface area (Å²) in [6, 6.07) is 9.72. The molecule has 0 saturated carbocycles. The molecule has 5 nitrogen and oxygen atoms in total. The molecule has 1 aliphatic rings. The van der Waals surface area contributed by atoms with E-state index in [1.165, 1.54) is 4.90 Å². The van der Waals surface area contributed by atoms with Crippen LogP contribution in [0, 0.1) is 0 Å². The smallest absolute Gasteiger partial charge is 0.311 e. The summed E-state index contributed by atoms with van der Waals surface area (Å²) in [4.78, 5) is 36.9. The molecule has 0 atom stereocenters. The summed E-state index contributed by atoms with van der Waals surface area (Å²) >= 11 is 0. The van der Waals surface area contributed by atoms with E-state index < -0.39 is 17.2 Å². The molecular formula is C17H22N2O3. The van der Waals surface area contributed by atoms with Crippen molar-refractivity contribution in [1.29, 1.82) is 0 Å². The zero-order chi connectivity index (χ0) is 16.2. The maximum absolute atomic E-state index is 12.7. The highest BCUT2D eigenvalue weighted by atomic mass is 16.2. The predicted octanol–water partition coefficient (Wildman–Crippen LogP) is 1.40. The van der Waals surface area contributed by atoms with E-state index in [1.807, 2.05) is 37.3 Å². The molecule has 0 radical (unpaired) electrons. The lowest BCUT2D eigenvalue weighted by atomic mass is 9.68. The van der Waals surface area contributed by atoms with Gasteiger partial charge in [0.25, 0.3) is 0 Å². The molecule has 0 unspecified atom stereocenters. The Bertz CT molecular complexity index is 561. The Morgan fingerprint density at radius 3 is 2.23 bits per heavy atom. The van der Waals surface area contributed by atoms with Crippen molar-refractivity contribution in [3.05, 3.63) is 35.9 Å². The molecule has 118 valence electrons. The molecule has 0 aromatic heterocycles. The fourth-order valence-electron chi connectivity index (χ4n) is 3.20. The number of Topliss-reactive ketones (excluding diaryl/α,β-unsaturated/α-hetero) is 1. The van der Waals surface area contributed by atoms with Gasteiger partial charge in [-0.3, -0.25) is 14.4 Å². The van der Waals surface area contributed by atoms with E-state index in [-0.39, 0.29) is 5.78 Å². The summed E-state index contributed by atoms with van der Waals surface area (Å²) in [5.41, 5.74) is 5.51.